The molecule has 0 spiro atoms. The van der Waals surface area contributed by atoms with Crippen molar-refractivity contribution in [3.8, 4) is 0 Å². The van der Waals surface area contributed by atoms with Gasteiger partial charge in [-0.3, -0.25) is 14.3 Å². The van der Waals surface area contributed by atoms with Gasteiger partial charge >= 0.3 is 11.8 Å². The second kappa shape index (κ2) is 7.04. The molecule has 0 bridgehead atoms. The van der Waals surface area contributed by atoms with E-state index < -0.39 is 17.2 Å². The molecule has 6 nitrogen and oxygen atoms in total. The zero-order chi connectivity index (χ0) is 18.8. The minimum atomic E-state index is -0.742. The molecule has 0 radical (unpaired) electrons. The van der Waals surface area contributed by atoms with Crippen LogP contribution in [0.5, 0.6) is 0 Å². The van der Waals surface area contributed by atoms with Crippen LogP contribution >= 0.6 is 0 Å². The van der Waals surface area contributed by atoms with Gasteiger partial charge in [-0.2, -0.15) is 5.10 Å². The van der Waals surface area contributed by atoms with Crippen LogP contribution in [0.25, 0.3) is 0 Å². The summed E-state index contributed by atoms with van der Waals surface area (Å²) in [7, 11) is 1.77. The number of nitrogens with one attached hydrogen (secondary N) is 2. The molecule has 1 aromatic carbocycles. The van der Waals surface area contributed by atoms with Crippen molar-refractivity contribution in [3.05, 3.63) is 47.0 Å². The number of benzene rings is 1. The van der Waals surface area contributed by atoms with Crippen LogP contribution in [0.15, 0.2) is 24.3 Å². The molecule has 0 aliphatic carbocycles. The summed E-state index contributed by atoms with van der Waals surface area (Å²) in [5, 5.41) is 9.42. The molecule has 0 aliphatic heterocycles. The average molecular weight is 346 g/mol. The second-order valence-corrected chi connectivity index (χ2v) is 6.70. The highest BCUT2D eigenvalue weighted by Crippen LogP contribution is 2.22. The van der Waals surface area contributed by atoms with Crippen LogP contribution in [0.3, 0.4) is 0 Å². The second-order valence-electron chi connectivity index (χ2n) is 6.70. The molecule has 25 heavy (non-hydrogen) atoms. The molecule has 2 N–H and O–H groups in total. The molecule has 134 valence electrons. The third-order valence-electron chi connectivity index (χ3n) is 4.27. The molecule has 1 aromatic heterocycles. The summed E-state index contributed by atoms with van der Waals surface area (Å²) >= 11 is 0. The first-order chi connectivity index (χ1) is 11.6. The monoisotopic (exact) mass is 346 g/mol. The van der Waals surface area contributed by atoms with Crippen molar-refractivity contribution in [1.82, 2.24) is 15.1 Å². The van der Waals surface area contributed by atoms with Gasteiger partial charge in [0.1, 0.15) is 5.82 Å². The summed E-state index contributed by atoms with van der Waals surface area (Å²) < 4.78 is 14.7. The van der Waals surface area contributed by atoms with Gasteiger partial charge < -0.3 is 10.6 Å². The number of carbonyl (C=O) groups excluding carboxylic acids is 2. The lowest BCUT2D eigenvalue weighted by Gasteiger charge is -2.25. The number of aromatic nitrogens is 2. The van der Waals surface area contributed by atoms with Gasteiger partial charge in [0.05, 0.1) is 17.1 Å². The molecule has 7 heteroatoms. The Morgan fingerprint density at radius 3 is 2.28 bits per heavy atom. The van der Waals surface area contributed by atoms with Crippen molar-refractivity contribution in [3.63, 3.8) is 0 Å². The quantitative estimate of drug-likeness (QED) is 0.834. The summed E-state index contributed by atoms with van der Waals surface area (Å²) in [5.74, 6) is -1.78. The summed E-state index contributed by atoms with van der Waals surface area (Å²) in [6.07, 6.45) is 0. The van der Waals surface area contributed by atoms with Crippen LogP contribution in [-0.4, -0.2) is 28.1 Å². The van der Waals surface area contributed by atoms with Crippen LogP contribution in [-0.2, 0) is 22.1 Å². The molecule has 0 atom stereocenters. The average Bonchev–Trinajstić information content (AvgIpc) is 2.79. The maximum atomic E-state index is 13.0. The molecule has 0 fully saturated rings. The summed E-state index contributed by atoms with van der Waals surface area (Å²) in [4.78, 5) is 24.2. The van der Waals surface area contributed by atoms with Crippen LogP contribution in [0.2, 0.25) is 0 Å². The van der Waals surface area contributed by atoms with E-state index in [1.165, 1.54) is 12.1 Å². The smallest absolute Gasteiger partial charge is 0.313 e. The summed E-state index contributed by atoms with van der Waals surface area (Å²) in [6, 6.07) is 6.09. The minimum absolute atomic E-state index is 0.246. The number of amides is 2. The fourth-order valence-electron chi connectivity index (χ4n) is 2.51. The van der Waals surface area contributed by atoms with Gasteiger partial charge in [-0.05, 0) is 31.5 Å². The Labute approximate surface area is 146 Å². The Morgan fingerprint density at radius 1 is 1.16 bits per heavy atom. The van der Waals surface area contributed by atoms with Crippen LogP contribution in [0.1, 0.15) is 30.8 Å². The molecule has 2 rings (SSSR count). The van der Waals surface area contributed by atoms with E-state index >= 15 is 0 Å². The SMILES string of the molecule is Cc1nn(C)c(C)c1NC(=O)C(=O)NCC(C)(C)c1ccc(F)cc1. The number of rotatable bonds is 4. The molecular weight excluding hydrogens is 323 g/mol. The zero-order valence-corrected chi connectivity index (χ0v) is 15.1. The van der Waals surface area contributed by atoms with Crippen molar-refractivity contribution >= 4 is 17.5 Å². The predicted octanol–water partition coefficient (Wildman–Crippen LogP) is 2.21. The normalized spacial score (nSPS) is 11.3. The van der Waals surface area contributed by atoms with Crippen molar-refractivity contribution in [2.75, 3.05) is 11.9 Å². The van der Waals surface area contributed by atoms with Gasteiger partial charge in [-0.1, -0.05) is 26.0 Å². The van der Waals surface area contributed by atoms with Crippen LogP contribution in [0.4, 0.5) is 10.1 Å². The van der Waals surface area contributed by atoms with Gasteiger partial charge in [-0.25, -0.2) is 4.39 Å². The van der Waals surface area contributed by atoms with E-state index in [0.29, 0.717) is 11.4 Å². The molecule has 1 heterocycles. The number of carbonyl (C=O) groups is 2. The largest absolute Gasteiger partial charge is 0.347 e. The first-order valence-corrected chi connectivity index (χ1v) is 7.97. The Kier molecular flexibility index (Phi) is 5.25. The highest BCUT2D eigenvalue weighted by Gasteiger charge is 2.24. The predicted molar refractivity (Wildman–Crippen MR) is 93.7 cm³/mol. The summed E-state index contributed by atoms with van der Waals surface area (Å²) in [6.45, 7) is 7.64. The molecule has 0 unspecified atom stereocenters. The van der Waals surface area contributed by atoms with E-state index in [2.05, 4.69) is 15.7 Å². The fourth-order valence-corrected chi connectivity index (χ4v) is 2.51. The topological polar surface area (TPSA) is 76.0 Å². The third-order valence-corrected chi connectivity index (χ3v) is 4.27. The van der Waals surface area contributed by atoms with Crippen LogP contribution < -0.4 is 10.6 Å². The lowest BCUT2D eigenvalue weighted by Crippen LogP contribution is -2.42. The maximum absolute atomic E-state index is 13.0. The number of nitrogens with zero attached hydrogens (tertiary/aromatic N) is 2. The van der Waals surface area contributed by atoms with E-state index in [9.17, 15) is 14.0 Å². The fraction of sp³-hybridized carbons (Fsp3) is 0.389. The van der Waals surface area contributed by atoms with E-state index in [1.807, 2.05) is 20.8 Å². The van der Waals surface area contributed by atoms with E-state index in [0.717, 1.165) is 11.3 Å². The highest BCUT2D eigenvalue weighted by atomic mass is 19.1. The number of anilines is 1. The summed E-state index contributed by atoms with van der Waals surface area (Å²) in [5.41, 5.74) is 2.39. The van der Waals surface area contributed by atoms with Gasteiger partial charge in [0.2, 0.25) is 0 Å². The molecule has 0 saturated carbocycles. The minimum Gasteiger partial charge on any atom is -0.347 e. The molecule has 2 aromatic rings. The maximum Gasteiger partial charge on any atom is 0.313 e. The lowest BCUT2D eigenvalue weighted by atomic mass is 9.84. The Hall–Kier alpha value is -2.70. The highest BCUT2D eigenvalue weighted by molar-refractivity contribution is 6.39. The van der Waals surface area contributed by atoms with Crippen molar-refractivity contribution < 1.29 is 14.0 Å². The lowest BCUT2D eigenvalue weighted by molar-refractivity contribution is -0.136. The molecule has 0 aliphatic rings. The first kappa shape index (κ1) is 18.6. The Morgan fingerprint density at radius 2 is 1.76 bits per heavy atom. The van der Waals surface area contributed by atoms with Crippen molar-refractivity contribution in [1.29, 1.82) is 0 Å². The Balaban J connectivity index is 1.99. The standard InChI is InChI=1S/C18H23FN4O2/c1-11-15(12(2)23(5)22-11)21-17(25)16(24)20-10-18(3,4)13-6-8-14(19)9-7-13/h6-9H,10H2,1-5H3,(H,20,24)(H,21,25). The number of aryl methyl sites for hydroxylation is 2. The zero-order valence-electron chi connectivity index (χ0n) is 15.1. The van der Waals surface area contributed by atoms with Crippen LogP contribution in [0, 0.1) is 19.7 Å². The van der Waals surface area contributed by atoms with Gasteiger partial charge in [-0.15, -0.1) is 0 Å². The molecule has 2 amide bonds. The van der Waals surface area contributed by atoms with E-state index in [-0.39, 0.29) is 12.4 Å². The number of halogens is 1. The number of hydrogen-bond donors (Lipinski definition) is 2. The van der Waals surface area contributed by atoms with E-state index in [4.69, 9.17) is 0 Å². The van der Waals surface area contributed by atoms with Gasteiger partial charge in [0.25, 0.3) is 0 Å². The molecule has 0 saturated heterocycles. The van der Waals surface area contributed by atoms with Crippen molar-refractivity contribution in [2.24, 2.45) is 7.05 Å². The third kappa shape index (κ3) is 4.23. The van der Waals surface area contributed by atoms with Crippen molar-refractivity contribution in [2.45, 2.75) is 33.1 Å². The first-order valence-electron chi connectivity index (χ1n) is 7.97. The Bertz CT molecular complexity index is 794. The molecular formula is C18H23FN4O2. The number of hydrogen-bond acceptors (Lipinski definition) is 3. The van der Waals surface area contributed by atoms with Gasteiger partial charge in [0.15, 0.2) is 0 Å². The van der Waals surface area contributed by atoms with E-state index in [1.54, 1.807) is 30.8 Å². The van der Waals surface area contributed by atoms with Gasteiger partial charge in [0, 0.05) is 19.0 Å².